The Morgan fingerprint density at radius 3 is 2.35 bits per heavy atom. The van der Waals surface area contributed by atoms with Gasteiger partial charge < -0.3 is 9.47 Å². The van der Waals surface area contributed by atoms with Crippen molar-refractivity contribution in [1.82, 2.24) is 0 Å². The number of allylic oxidation sites excluding steroid dienone is 3. The van der Waals surface area contributed by atoms with Gasteiger partial charge in [0.15, 0.2) is 12.6 Å². The Hall–Kier alpha value is -2.36. The second kappa shape index (κ2) is 7.28. The number of hydrogen-bond acceptors (Lipinski definition) is 4. The summed E-state index contributed by atoms with van der Waals surface area (Å²) in [6.45, 7) is 0.159. The van der Waals surface area contributed by atoms with Crippen LogP contribution in [0.4, 0.5) is 0 Å². The molecule has 0 saturated carbocycles. The maximum atomic E-state index is 10.2. The topological polar surface area (TPSA) is 52.6 Å². The molecular weight excluding hydrogens is 256 g/mol. The van der Waals surface area contributed by atoms with Crippen molar-refractivity contribution in [3.63, 3.8) is 0 Å². The van der Waals surface area contributed by atoms with Crippen molar-refractivity contribution in [1.29, 1.82) is 0 Å². The molecule has 1 aromatic carbocycles. The third kappa shape index (κ3) is 3.82. The fourth-order valence-electron chi connectivity index (χ4n) is 2.03. The minimum atomic E-state index is 0.0723. The molecule has 1 aliphatic rings. The van der Waals surface area contributed by atoms with Crippen LogP contribution in [0.1, 0.15) is 17.9 Å². The first-order valence-corrected chi connectivity index (χ1v) is 6.44. The zero-order chi connectivity index (χ0) is 14.2. The van der Waals surface area contributed by atoms with Gasteiger partial charge in [-0.3, -0.25) is 9.59 Å². The van der Waals surface area contributed by atoms with Crippen molar-refractivity contribution in [2.75, 3.05) is 13.2 Å². The Bertz CT molecular complexity index is 514. The lowest BCUT2D eigenvalue weighted by Crippen LogP contribution is -2.02. The standard InChI is InChI=1S/C16H16O4/c17-9-11-19-15-5-1-13(2-6-15)14-3-7-16(8-4-14)20-12-10-18/h1-3,5-10,14H,4,11-12H2. The van der Waals surface area contributed by atoms with Gasteiger partial charge in [0.2, 0.25) is 0 Å². The minimum absolute atomic E-state index is 0.0723. The van der Waals surface area contributed by atoms with Crippen molar-refractivity contribution in [3.05, 3.63) is 53.8 Å². The highest BCUT2D eigenvalue weighted by atomic mass is 16.5. The number of ether oxygens (including phenoxy) is 2. The molecule has 2 rings (SSSR count). The fourth-order valence-corrected chi connectivity index (χ4v) is 2.03. The Morgan fingerprint density at radius 1 is 1.05 bits per heavy atom. The van der Waals surface area contributed by atoms with Crippen molar-refractivity contribution < 1.29 is 19.1 Å². The maximum Gasteiger partial charge on any atom is 0.157 e. The van der Waals surface area contributed by atoms with E-state index in [1.165, 1.54) is 5.56 Å². The lowest BCUT2D eigenvalue weighted by Gasteiger charge is -2.16. The first kappa shape index (κ1) is 14.1. The largest absolute Gasteiger partial charge is 0.487 e. The number of rotatable bonds is 7. The summed E-state index contributed by atoms with van der Waals surface area (Å²) in [5.41, 5.74) is 1.17. The maximum absolute atomic E-state index is 10.2. The van der Waals surface area contributed by atoms with Gasteiger partial charge in [0.25, 0.3) is 0 Å². The molecule has 0 spiro atoms. The average Bonchev–Trinajstić information content (AvgIpc) is 2.52. The molecule has 1 aromatic rings. The number of hydrogen-bond donors (Lipinski definition) is 0. The molecule has 0 bridgehead atoms. The summed E-state index contributed by atoms with van der Waals surface area (Å²) in [6.07, 6.45) is 8.21. The Labute approximate surface area is 117 Å². The number of aldehydes is 2. The molecule has 4 heteroatoms. The van der Waals surface area contributed by atoms with E-state index >= 15 is 0 Å². The van der Waals surface area contributed by atoms with Gasteiger partial charge in [-0.1, -0.05) is 18.2 Å². The monoisotopic (exact) mass is 272 g/mol. The second-order valence-electron chi connectivity index (χ2n) is 4.33. The molecule has 0 fully saturated rings. The molecule has 1 aliphatic carbocycles. The van der Waals surface area contributed by atoms with Gasteiger partial charge in [0, 0.05) is 5.92 Å². The van der Waals surface area contributed by atoms with Crippen LogP contribution >= 0.6 is 0 Å². The van der Waals surface area contributed by atoms with Crippen LogP contribution in [0.3, 0.4) is 0 Å². The quantitative estimate of drug-likeness (QED) is 0.715. The zero-order valence-corrected chi connectivity index (χ0v) is 11.0. The highest BCUT2D eigenvalue weighted by Crippen LogP contribution is 2.28. The van der Waals surface area contributed by atoms with Crippen LogP contribution in [0, 0.1) is 0 Å². The van der Waals surface area contributed by atoms with Crippen molar-refractivity contribution in [3.8, 4) is 5.75 Å². The number of benzene rings is 1. The summed E-state index contributed by atoms with van der Waals surface area (Å²) in [7, 11) is 0. The van der Waals surface area contributed by atoms with Crippen LogP contribution in [0.5, 0.6) is 5.75 Å². The number of carbonyl (C=O) groups is 2. The lowest BCUT2D eigenvalue weighted by molar-refractivity contribution is -0.110. The van der Waals surface area contributed by atoms with Crippen molar-refractivity contribution >= 4 is 12.6 Å². The molecule has 0 heterocycles. The van der Waals surface area contributed by atoms with E-state index in [-0.39, 0.29) is 13.2 Å². The van der Waals surface area contributed by atoms with E-state index in [1.54, 1.807) is 0 Å². The number of carbonyl (C=O) groups excluding carboxylic acids is 2. The van der Waals surface area contributed by atoms with Gasteiger partial charge in [-0.15, -0.1) is 0 Å². The van der Waals surface area contributed by atoms with Gasteiger partial charge in [0.05, 0.1) is 0 Å². The smallest absolute Gasteiger partial charge is 0.157 e. The summed E-state index contributed by atoms with van der Waals surface area (Å²) in [6, 6.07) is 7.68. The average molecular weight is 272 g/mol. The Kier molecular flexibility index (Phi) is 5.12. The third-order valence-electron chi connectivity index (χ3n) is 3.01. The van der Waals surface area contributed by atoms with Crippen LogP contribution in [0.2, 0.25) is 0 Å². The van der Waals surface area contributed by atoms with Gasteiger partial charge in [-0.25, -0.2) is 0 Å². The third-order valence-corrected chi connectivity index (χ3v) is 3.01. The second-order valence-corrected chi connectivity index (χ2v) is 4.33. The molecule has 0 radical (unpaired) electrons. The molecule has 4 nitrogen and oxygen atoms in total. The Balaban J connectivity index is 1.93. The molecule has 0 saturated heterocycles. The highest BCUT2D eigenvalue weighted by molar-refractivity contribution is 5.51. The lowest BCUT2D eigenvalue weighted by atomic mass is 9.92. The van der Waals surface area contributed by atoms with E-state index in [1.807, 2.05) is 36.4 Å². The predicted octanol–water partition coefficient (Wildman–Crippen LogP) is 2.41. The molecule has 0 aliphatic heterocycles. The summed E-state index contributed by atoms with van der Waals surface area (Å²) >= 11 is 0. The van der Waals surface area contributed by atoms with Gasteiger partial charge in [-0.05, 0) is 36.3 Å². The molecule has 20 heavy (non-hydrogen) atoms. The van der Waals surface area contributed by atoms with Gasteiger partial charge in [0.1, 0.15) is 24.7 Å². The normalized spacial score (nSPS) is 17.2. The predicted molar refractivity (Wildman–Crippen MR) is 74.6 cm³/mol. The summed E-state index contributed by atoms with van der Waals surface area (Å²) < 4.78 is 10.4. The van der Waals surface area contributed by atoms with Crippen LogP contribution in [0.15, 0.2) is 48.3 Å². The minimum Gasteiger partial charge on any atom is -0.487 e. The van der Waals surface area contributed by atoms with E-state index < -0.39 is 0 Å². The molecule has 0 amide bonds. The van der Waals surface area contributed by atoms with E-state index in [4.69, 9.17) is 9.47 Å². The Morgan fingerprint density at radius 2 is 1.75 bits per heavy atom. The molecule has 1 unspecified atom stereocenters. The molecular formula is C16H16O4. The zero-order valence-electron chi connectivity index (χ0n) is 11.0. The summed E-state index contributed by atoms with van der Waals surface area (Å²) in [5, 5.41) is 0. The van der Waals surface area contributed by atoms with E-state index in [0.29, 0.717) is 11.7 Å². The summed E-state index contributed by atoms with van der Waals surface area (Å²) in [4.78, 5) is 20.5. The fraction of sp³-hybridized carbons (Fsp3) is 0.250. The van der Waals surface area contributed by atoms with E-state index in [2.05, 4.69) is 6.08 Å². The van der Waals surface area contributed by atoms with Gasteiger partial charge in [-0.2, -0.15) is 0 Å². The van der Waals surface area contributed by atoms with Gasteiger partial charge >= 0.3 is 0 Å². The van der Waals surface area contributed by atoms with Crippen molar-refractivity contribution in [2.45, 2.75) is 12.3 Å². The van der Waals surface area contributed by atoms with E-state index in [0.717, 1.165) is 24.8 Å². The SMILES string of the molecule is O=CCOC1=CCC(c2ccc(OCC=O)cc2)C=C1. The molecule has 0 aromatic heterocycles. The molecule has 104 valence electrons. The van der Waals surface area contributed by atoms with E-state index in [9.17, 15) is 9.59 Å². The van der Waals surface area contributed by atoms with Crippen LogP contribution in [-0.2, 0) is 14.3 Å². The van der Waals surface area contributed by atoms with Crippen LogP contribution in [0.25, 0.3) is 0 Å². The van der Waals surface area contributed by atoms with Crippen LogP contribution in [-0.4, -0.2) is 25.8 Å². The first-order chi connectivity index (χ1) is 9.83. The van der Waals surface area contributed by atoms with Crippen molar-refractivity contribution in [2.24, 2.45) is 0 Å². The highest BCUT2D eigenvalue weighted by Gasteiger charge is 2.11. The molecule has 1 atom stereocenters. The summed E-state index contributed by atoms with van der Waals surface area (Å²) in [5.74, 6) is 1.71. The molecule has 0 N–H and O–H groups in total. The van der Waals surface area contributed by atoms with Crippen LogP contribution < -0.4 is 4.74 Å². The first-order valence-electron chi connectivity index (χ1n) is 6.44.